The molecular formula is C40H46N6O6. The lowest BCUT2D eigenvalue weighted by Crippen LogP contribution is -2.30. The van der Waals surface area contributed by atoms with Crippen LogP contribution in [0, 0.1) is 11.8 Å². The Bertz CT molecular complexity index is 1760. The molecule has 6 saturated carbocycles. The summed E-state index contributed by atoms with van der Waals surface area (Å²) < 4.78 is 10.9. The van der Waals surface area contributed by atoms with Gasteiger partial charge in [-0.15, -0.1) is 0 Å². The molecule has 52 heavy (non-hydrogen) atoms. The van der Waals surface area contributed by atoms with Gasteiger partial charge in [-0.25, -0.2) is 0 Å². The number of rotatable bonds is 14. The molecule has 12 nitrogen and oxygen atoms in total. The fourth-order valence-electron chi connectivity index (χ4n) is 8.17. The molecule has 2 aromatic carbocycles. The molecule has 2 unspecified atom stereocenters. The fraction of sp³-hybridized carbons (Fsp3) is 0.550. The van der Waals surface area contributed by atoms with Crippen LogP contribution in [0.4, 0.5) is 0 Å². The minimum Gasteiger partial charge on any atom is -0.481 e. The van der Waals surface area contributed by atoms with Crippen molar-refractivity contribution < 1.29 is 28.8 Å². The maximum absolute atomic E-state index is 10.9. The van der Waals surface area contributed by atoms with E-state index in [1.165, 1.54) is 24.0 Å². The zero-order valence-electron chi connectivity index (χ0n) is 29.2. The van der Waals surface area contributed by atoms with Crippen LogP contribution in [0.2, 0.25) is 0 Å². The molecule has 4 aromatic rings. The monoisotopic (exact) mass is 706 g/mol. The molecule has 0 spiro atoms. The molecule has 4 atom stereocenters. The van der Waals surface area contributed by atoms with Crippen molar-refractivity contribution in [2.45, 2.75) is 111 Å². The lowest BCUT2D eigenvalue weighted by atomic mass is 9.75. The van der Waals surface area contributed by atoms with Crippen LogP contribution >= 0.6 is 0 Å². The van der Waals surface area contributed by atoms with E-state index in [1.54, 1.807) is 0 Å². The van der Waals surface area contributed by atoms with Gasteiger partial charge in [0.1, 0.15) is 0 Å². The standard InChI is InChI=1S/2C20H23N3O3/c2*24-18(25)14-8-13(9-14)17-22-19(23-26-17)20(6-7-20)11-21-16-10-15(16)12-4-2-1-3-5-12/h2*1-5,13-16,21H,6-11H2,(H,24,25)/t2*13?,14?,15?,16-/m00/s1. The van der Waals surface area contributed by atoms with E-state index in [4.69, 9.17) is 19.3 Å². The van der Waals surface area contributed by atoms with E-state index < -0.39 is 11.9 Å². The molecule has 10 rings (SSSR count). The zero-order valence-corrected chi connectivity index (χ0v) is 29.2. The number of carbonyl (C=O) groups is 2. The van der Waals surface area contributed by atoms with Crippen molar-refractivity contribution in [1.82, 2.24) is 30.9 Å². The number of hydrogen-bond acceptors (Lipinski definition) is 10. The number of hydrogen-bond donors (Lipinski definition) is 4. The van der Waals surface area contributed by atoms with Crippen LogP contribution in [0.15, 0.2) is 69.7 Å². The van der Waals surface area contributed by atoms with Crippen LogP contribution < -0.4 is 10.6 Å². The summed E-state index contributed by atoms with van der Waals surface area (Å²) in [7, 11) is 0. The van der Waals surface area contributed by atoms with Crippen LogP contribution in [0.3, 0.4) is 0 Å². The van der Waals surface area contributed by atoms with Crippen molar-refractivity contribution in [3.8, 4) is 0 Å². The van der Waals surface area contributed by atoms with E-state index >= 15 is 0 Å². The van der Waals surface area contributed by atoms with Crippen LogP contribution in [-0.2, 0) is 20.4 Å². The molecule has 0 aliphatic heterocycles. The molecule has 6 aliphatic rings. The molecule has 0 amide bonds. The van der Waals surface area contributed by atoms with E-state index in [1.807, 2.05) is 0 Å². The molecular weight excluding hydrogens is 660 g/mol. The largest absolute Gasteiger partial charge is 0.481 e. The van der Waals surface area contributed by atoms with Crippen molar-refractivity contribution in [3.63, 3.8) is 0 Å². The second-order valence-electron chi connectivity index (χ2n) is 16.4. The number of carboxylic acids is 2. The maximum atomic E-state index is 10.9. The van der Waals surface area contributed by atoms with Crippen LogP contribution in [0.25, 0.3) is 0 Å². The minimum atomic E-state index is -0.721. The summed E-state index contributed by atoms with van der Waals surface area (Å²) in [5, 5.41) is 33.8. The second-order valence-corrected chi connectivity index (χ2v) is 16.4. The smallest absolute Gasteiger partial charge is 0.306 e. The average Bonchev–Trinajstić information content (AvgIpc) is 4.00. The predicted molar refractivity (Wildman–Crippen MR) is 188 cm³/mol. The number of benzene rings is 2. The van der Waals surface area contributed by atoms with Crippen LogP contribution in [0.5, 0.6) is 0 Å². The number of nitrogens with one attached hydrogen (secondary N) is 2. The first-order valence-electron chi connectivity index (χ1n) is 19.0. The Labute approximate surface area is 302 Å². The first-order valence-corrected chi connectivity index (χ1v) is 19.0. The quantitative estimate of drug-likeness (QED) is 0.127. The molecule has 4 N–H and O–H groups in total. The Hall–Kier alpha value is -4.42. The molecule has 2 heterocycles. The third-order valence-electron chi connectivity index (χ3n) is 12.7. The fourth-order valence-corrected chi connectivity index (χ4v) is 8.17. The Morgan fingerprint density at radius 2 is 1.00 bits per heavy atom. The topological polar surface area (TPSA) is 176 Å². The molecule has 0 radical (unpaired) electrons. The minimum absolute atomic E-state index is 0.0154. The molecule has 272 valence electrons. The summed E-state index contributed by atoms with van der Waals surface area (Å²) in [6.07, 6.45) is 9.19. The van der Waals surface area contributed by atoms with E-state index in [0.29, 0.717) is 61.4 Å². The SMILES string of the molecule is O=C(O)C1CC(c2nc(C3(CN[C@H]4CC4c4ccccc4)CC3)no2)C1.O=C(O)C1CC(c2nc(C3(CN[C@H]4CC4c4ccccc4)CC3)no2)C1. The van der Waals surface area contributed by atoms with Gasteiger partial charge >= 0.3 is 11.9 Å². The molecule has 6 aliphatic carbocycles. The van der Waals surface area contributed by atoms with E-state index in [-0.39, 0.29) is 34.5 Å². The summed E-state index contributed by atoms with van der Waals surface area (Å²) >= 11 is 0. The van der Waals surface area contributed by atoms with Gasteiger partial charge in [-0.2, -0.15) is 9.97 Å². The number of carboxylic acid groups (broad SMARTS) is 2. The van der Waals surface area contributed by atoms with Gasteiger partial charge in [0.05, 0.1) is 11.8 Å². The number of aliphatic carboxylic acids is 2. The predicted octanol–water partition coefficient (Wildman–Crippen LogP) is 5.65. The van der Waals surface area contributed by atoms with Crippen molar-refractivity contribution in [2.24, 2.45) is 11.8 Å². The molecule has 2 aromatic heterocycles. The Morgan fingerprint density at radius 1 is 0.615 bits per heavy atom. The summed E-state index contributed by atoms with van der Waals surface area (Å²) in [5.41, 5.74) is 2.85. The zero-order chi connectivity index (χ0) is 35.5. The van der Waals surface area contributed by atoms with Gasteiger partial charge in [0.2, 0.25) is 11.8 Å². The lowest BCUT2D eigenvalue weighted by Gasteiger charge is -2.28. The molecule has 6 fully saturated rings. The third-order valence-corrected chi connectivity index (χ3v) is 12.7. The highest BCUT2D eigenvalue weighted by atomic mass is 16.5. The van der Waals surface area contributed by atoms with Crippen molar-refractivity contribution in [3.05, 3.63) is 95.2 Å². The lowest BCUT2D eigenvalue weighted by molar-refractivity contribution is -0.146. The normalized spacial score (nSPS) is 31.2. The van der Waals surface area contributed by atoms with Crippen LogP contribution in [-0.4, -0.2) is 67.6 Å². The van der Waals surface area contributed by atoms with E-state index in [9.17, 15) is 9.59 Å². The highest BCUT2D eigenvalue weighted by molar-refractivity contribution is 5.71. The van der Waals surface area contributed by atoms with E-state index in [2.05, 4.69) is 91.6 Å². The van der Waals surface area contributed by atoms with Gasteiger partial charge in [0.15, 0.2) is 11.6 Å². The number of nitrogens with zero attached hydrogens (tertiary/aromatic N) is 4. The Balaban J connectivity index is 0.000000138. The van der Waals surface area contributed by atoms with Crippen molar-refractivity contribution >= 4 is 11.9 Å². The highest BCUT2D eigenvalue weighted by Gasteiger charge is 2.52. The summed E-state index contributed by atoms with van der Waals surface area (Å²) in [4.78, 5) is 31.1. The van der Waals surface area contributed by atoms with Gasteiger partial charge in [-0.05, 0) is 75.3 Å². The van der Waals surface area contributed by atoms with Gasteiger partial charge < -0.3 is 29.9 Å². The van der Waals surface area contributed by atoms with Crippen LogP contribution in [0.1, 0.15) is 122 Å². The molecule has 0 saturated heterocycles. The first kappa shape index (κ1) is 33.4. The average molecular weight is 707 g/mol. The summed E-state index contributed by atoms with van der Waals surface area (Å²) in [5.74, 6) is 2.38. The highest BCUT2D eigenvalue weighted by Crippen LogP contribution is 2.51. The first-order chi connectivity index (χ1) is 25.3. The van der Waals surface area contributed by atoms with Gasteiger partial charge in [0, 0.05) is 59.7 Å². The Morgan fingerprint density at radius 3 is 1.35 bits per heavy atom. The van der Waals surface area contributed by atoms with Gasteiger partial charge in [0.25, 0.3) is 0 Å². The molecule has 0 bridgehead atoms. The third kappa shape index (κ3) is 6.78. The van der Waals surface area contributed by atoms with Crippen molar-refractivity contribution in [1.29, 1.82) is 0 Å². The summed E-state index contributed by atoms with van der Waals surface area (Å²) in [6, 6.07) is 22.4. The van der Waals surface area contributed by atoms with Gasteiger partial charge in [-0.3, -0.25) is 9.59 Å². The van der Waals surface area contributed by atoms with Gasteiger partial charge in [-0.1, -0.05) is 71.0 Å². The van der Waals surface area contributed by atoms with E-state index in [0.717, 1.165) is 50.4 Å². The maximum Gasteiger partial charge on any atom is 0.306 e. The number of aromatic nitrogens is 4. The summed E-state index contributed by atoms with van der Waals surface area (Å²) in [6.45, 7) is 1.78. The second kappa shape index (κ2) is 13.2. The Kier molecular flexibility index (Phi) is 8.49. The van der Waals surface area contributed by atoms with Crippen molar-refractivity contribution in [2.75, 3.05) is 13.1 Å². The molecule has 12 heteroatoms.